The number of aromatic nitrogens is 2. The maximum atomic E-state index is 12.5. The number of amides is 1. The van der Waals surface area contributed by atoms with Gasteiger partial charge in [-0.05, 0) is 12.8 Å². The van der Waals surface area contributed by atoms with Crippen LogP contribution in [0.1, 0.15) is 35.1 Å². The van der Waals surface area contributed by atoms with Crippen LogP contribution in [0.15, 0.2) is 22.8 Å². The predicted octanol–water partition coefficient (Wildman–Crippen LogP) is 3.20. The smallest absolute Gasteiger partial charge is 0.279 e. The second-order valence-electron chi connectivity index (χ2n) is 6.39. The van der Waals surface area contributed by atoms with Crippen molar-refractivity contribution in [3.63, 3.8) is 0 Å². The fourth-order valence-corrected chi connectivity index (χ4v) is 4.07. The Morgan fingerprint density at radius 2 is 1.85 bits per heavy atom. The summed E-state index contributed by atoms with van der Waals surface area (Å²) < 4.78 is 22.9. The lowest BCUT2D eigenvalue weighted by Gasteiger charge is -2.18. The predicted molar refractivity (Wildman–Crippen MR) is 97.9 cm³/mol. The van der Waals surface area contributed by atoms with Gasteiger partial charge in [-0.1, -0.05) is 11.3 Å². The van der Waals surface area contributed by atoms with E-state index in [4.69, 9.17) is 18.6 Å². The largest absolute Gasteiger partial charge is 0.486 e. The normalized spacial score (nSPS) is 17.2. The van der Waals surface area contributed by atoms with E-state index in [1.807, 2.05) is 12.1 Å². The van der Waals surface area contributed by atoms with Crippen molar-refractivity contribution in [2.45, 2.75) is 18.8 Å². The molecule has 0 radical (unpaired) electrons. The van der Waals surface area contributed by atoms with Crippen LogP contribution in [0.25, 0.3) is 10.2 Å². The Labute approximate surface area is 158 Å². The molecule has 0 aliphatic carbocycles. The number of thiazole rings is 1. The van der Waals surface area contributed by atoms with Gasteiger partial charge in [0.1, 0.15) is 19.5 Å². The third-order valence-electron chi connectivity index (χ3n) is 4.60. The summed E-state index contributed by atoms with van der Waals surface area (Å²) in [5.74, 6) is 1.83. The summed E-state index contributed by atoms with van der Waals surface area (Å²) in [6, 6.07) is 3.71. The molecule has 0 saturated carbocycles. The van der Waals surface area contributed by atoms with E-state index in [9.17, 15) is 4.79 Å². The summed E-state index contributed by atoms with van der Waals surface area (Å²) in [6.45, 7) is 2.44. The fourth-order valence-electron chi connectivity index (χ4n) is 3.20. The van der Waals surface area contributed by atoms with Crippen molar-refractivity contribution < 1.29 is 23.4 Å². The summed E-state index contributed by atoms with van der Waals surface area (Å²) in [5, 5.41) is 3.29. The lowest BCUT2D eigenvalue weighted by molar-refractivity contribution is 0.0794. The van der Waals surface area contributed by atoms with Crippen molar-refractivity contribution in [1.82, 2.24) is 9.97 Å². The Morgan fingerprint density at radius 3 is 2.67 bits per heavy atom. The van der Waals surface area contributed by atoms with Gasteiger partial charge in [0.05, 0.1) is 10.2 Å². The van der Waals surface area contributed by atoms with E-state index in [0.29, 0.717) is 48.9 Å². The van der Waals surface area contributed by atoms with Crippen molar-refractivity contribution in [1.29, 1.82) is 0 Å². The molecule has 0 unspecified atom stereocenters. The first-order valence-electron chi connectivity index (χ1n) is 8.81. The number of benzene rings is 1. The summed E-state index contributed by atoms with van der Waals surface area (Å²) >= 11 is 1.37. The molecule has 1 amide bonds. The molecule has 0 atom stereocenters. The van der Waals surface area contributed by atoms with E-state index in [1.54, 1.807) is 0 Å². The first kappa shape index (κ1) is 16.5. The van der Waals surface area contributed by atoms with Gasteiger partial charge in [0.15, 0.2) is 28.2 Å². The van der Waals surface area contributed by atoms with Gasteiger partial charge in [-0.3, -0.25) is 10.1 Å². The van der Waals surface area contributed by atoms with Crippen molar-refractivity contribution in [3.05, 3.63) is 30.0 Å². The average molecular weight is 387 g/mol. The highest BCUT2D eigenvalue weighted by molar-refractivity contribution is 7.22. The number of hydrogen-bond acceptors (Lipinski definition) is 8. The third-order valence-corrected chi connectivity index (χ3v) is 5.53. The molecule has 1 saturated heterocycles. The third kappa shape index (κ3) is 3.24. The second kappa shape index (κ2) is 6.82. The molecule has 1 fully saturated rings. The molecule has 3 aromatic rings. The van der Waals surface area contributed by atoms with Crippen LogP contribution in [0.3, 0.4) is 0 Å². The topological polar surface area (TPSA) is 95.7 Å². The summed E-state index contributed by atoms with van der Waals surface area (Å²) in [6.07, 6.45) is 3.11. The van der Waals surface area contributed by atoms with E-state index in [-0.39, 0.29) is 17.5 Å². The molecule has 0 spiro atoms. The maximum Gasteiger partial charge on any atom is 0.279 e. The van der Waals surface area contributed by atoms with Gasteiger partial charge in [0.2, 0.25) is 0 Å². The number of rotatable bonds is 3. The Hall–Kier alpha value is -2.65. The molecular formula is C18H17N3O5S. The van der Waals surface area contributed by atoms with E-state index < -0.39 is 0 Å². The number of anilines is 1. The zero-order valence-electron chi connectivity index (χ0n) is 14.4. The van der Waals surface area contributed by atoms with Crippen molar-refractivity contribution in [2.24, 2.45) is 0 Å². The number of fused-ring (bicyclic) bond motifs is 2. The van der Waals surface area contributed by atoms with Gasteiger partial charge >= 0.3 is 0 Å². The number of ether oxygens (including phenoxy) is 3. The minimum absolute atomic E-state index is 0.203. The van der Waals surface area contributed by atoms with E-state index >= 15 is 0 Å². The Kier molecular flexibility index (Phi) is 4.17. The lowest BCUT2D eigenvalue weighted by atomic mass is 10.0. The Bertz CT molecular complexity index is 949. The average Bonchev–Trinajstić information content (AvgIpc) is 3.33. The molecule has 5 rings (SSSR count). The zero-order valence-corrected chi connectivity index (χ0v) is 15.2. The van der Waals surface area contributed by atoms with E-state index in [1.165, 1.54) is 17.6 Å². The number of nitrogens with zero attached hydrogens (tertiary/aromatic N) is 2. The monoisotopic (exact) mass is 387 g/mol. The van der Waals surface area contributed by atoms with Gasteiger partial charge in [0, 0.05) is 31.3 Å². The Morgan fingerprint density at radius 1 is 1.07 bits per heavy atom. The van der Waals surface area contributed by atoms with Gasteiger partial charge in [-0.15, -0.1) is 0 Å². The summed E-state index contributed by atoms with van der Waals surface area (Å²) in [4.78, 5) is 21.3. The molecule has 2 aliphatic rings. The van der Waals surface area contributed by atoms with Crippen LogP contribution in [0, 0.1) is 0 Å². The first-order chi connectivity index (χ1) is 13.3. The minimum Gasteiger partial charge on any atom is -0.486 e. The minimum atomic E-state index is -0.339. The zero-order chi connectivity index (χ0) is 18.2. The molecule has 4 heterocycles. The van der Waals surface area contributed by atoms with Crippen molar-refractivity contribution in [3.8, 4) is 11.5 Å². The first-order valence-corrected chi connectivity index (χ1v) is 9.62. The van der Waals surface area contributed by atoms with Crippen molar-refractivity contribution in [2.75, 3.05) is 31.7 Å². The van der Waals surface area contributed by atoms with Crippen LogP contribution in [-0.2, 0) is 4.74 Å². The van der Waals surface area contributed by atoms with Gasteiger partial charge < -0.3 is 18.6 Å². The van der Waals surface area contributed by atoms with Gasteiger partial charge in [-0.25, -0.2) is 9.97 Å². The van der Waals surface area contributed by atoms with Crippen molar-refractivity contribution >= 4 is 32.6 Å². The maximum absolute atomic E-state index is 12.5. The number of nitrogens with one attached hydrogen (secondary N) is 1. The van der Waals surface area contributed by atoms with Gasteiger partial charge in [-0.2, -0.15) is 0 Å². The van der Waals surface area contributed by atoms with Crippen LogP contribution in [0.2, 0.25) is 0 Å². The summed E-state index contributed by atoms with van der Waals surface area (Å²) in [5.41, 5.74) is 1.00. The molecule has 27 heavy (non-hydrogen) atoms. The second-order valence-corrected chi connectivity index (χ2v) is 7.43. The molecular weight excluding hydrogens is 370 g/mol. The molecule has 0 bridgehead atoms. The van der Waals surface area contributed by atoms with Crippen LogP contribution in [-0.4, -0.2) is 42.3 Å². The van der Waals surface area contributed by atoms with Crippen LogP contribution in [0.4, 0.5) is 5.13 Å². The van der Waals surface area contributed by atoms with Crippen LogP contribution >= 0.6 is 11.3 Å². The van der Waals surface area contributed by atoms with Gasteiger partial charge in [0.25, 0.3) is 5.91 Å². The SMILES string of the molecule is O=C(Nc1nc2cc3c(cc2s1)OCCO3)c1coc(C2CCOCC2)n1. The molecule has 2 aromatic heterocycles. The molecule has 1 N–H and O–H groups in total. The molecule has 9 heteroatoms. The fraction of sp³-hybridized carbons (Fsp3) is 0.389. The highest BCUT2D eigenvalue weighted by Crippen LogP contribution is 2.38. The molecule has 140 valence electrons. The van der Waals surface area contributed by atoms with Crippen LogP contribution in [0.5, 0.6) is 11.5 Å². The highest BCUT2D eigenvalue weighted by Gasteiger charge is 2.23. The highest BCUT2D eigenvalue weighted by atomic mass is 32.1. The molecule has 8 nitrogen and oxygen atoms in total. The standard InChI is InChI=1S/C18H17N3O5S/c22-16(12-9-26-17(19-12)10-1-3-23-4-2-10)21-18-20-11-7-13-14(8-15(11)27-18)25-6-5-24-13/h7-10H,1-6H2,(H,20,21,22). The van der Waals surface area contributed by atoms with E-state index in [2.05, 4.69) is 15.3 Å². The van der Waals surface area contributed by atoms with Crippen LogP contribution < -0.4 is 14.8 Å². The number of hydrogen-bond donors (Lipinski definition) is 1. The number of oxazole rings is 1. The Balaban J connectivity index is 1.34. The lowest BCUT2D eigenvalue weighted by Crippen LogP contribution is -2.15. The number of carbonyl (C=O) groups is 1. The quantitative estimate of drug-likeness (QED) is 0.737. The van der Waals surface area contributed by atoms with E-state index in [0.717, 1.165) is 23.1 Å². The summed E-state index contributed by atoms with van der Waals surface area (Å²) in [7, 11) is 0. The molecule has 2 aliphatic heterocycles. The number of carbonyl (C=O) groups excluding carboxylic acids is 1. The molecule has 1 aromatic carbocycles.